The van der Waals surface area contributed by atoms with Gasteiger partial charge in [-0.25, -0.2) is 4.99 Å². The topological polar surface area (TPSA) is 64.6 Å². The summed E-state index contributed by atoms with van der Waals surface area (Å²) in [6, 6.07) is 9.17. The highest BCUT2D eigenvalue weighted by Crippen LogP contribution is 2.25. The monoisotopic (exact) mass is 326 g/mol. The fourth-order valence-electron chi connectivity index (χ4n) is 1.77. The van der Waals surface area contributed by atoms with Gasteiger partial charge < -0.3 is 20.4 Å². The van der Waals surface area contributed by atoms with Crippen molar-refractivity contribution in [3.05, 3.63) is 46.2 Å². The lowest BCUT2D eigenvalue weighted by Gasteiger charge is -2.07. The van der Waals surface area contributed by atoms with Gasteiger partial charge in [0, 0.05) is 18.4 Å². The zero-order valence-electron chi connectivity index (χ0n) is 11.7. The van der Waals surface area contributed by atoms with Crippen LogP contribution < -0.4 is 15.8 Å². The van der Waals surface area contributed by atoms with Crippen LogP contribution in [0.3, 0.4) is 0 Å². The molecule has 0 fully saturated rings. The zero-order valence-corrected chi connectivity index (χ0v) is 13.2. The van der Waals surface area contributed by atoms with E-state index in [1.54, 1.807) is 17.7 Å². The van der Waals surface area contributed by atoms with Crippen LogP contribution >= 0.6 is 23.2 Å². The Balaban J connectivity index is 2.01. The summed E-state index contributed by atoms with van der Waals surface area (Å²) in [6.45, 7) is 0.387. The first-order valence-electron chi connectivity index (χ1n) is 6.22. The second-order valence-corrected chi connectivity index (χ2v) is 5.15. The number of rotatable bonds is 4. The third-order valence-electron chi connectivity index (χ3n) is 2.99. The first-order valence-corrected chi connectivity index (χ1v) is 6.97. The number of benzene rings is 1. The van der Waals surface area contributed by atoms with Gasteiger partial charge in [-0.3, -0.25) is 0 Å². The Morgan fingerprint density at radius 2 is 2.00 bits per heavy atom. The number of nitrogens with one attached hydrogen (secondary N) is 1. The van der Waals surface area contributed by atoms with Crippen LogP contribution in [0.25, 0.3) is 0 Å². The van der Waals surface area contributed by atoms with Crippen LogP contribution in [0, 0.1) is 0 Å². The maximum absolute atomic E-state index is 6.00. The molecule has 5 nitrogen and oxygen atoms in total. The van der Waals surface area contributed by atoms with Crippen LogP contribution in [0.2, 0.25) is 10.2 Å². The lowest BCUT2D eigenvalue weighted by Crippen LogP contribution is -2.22. The molecule has 0 aliphatic carbocycles. The summed E-state index contributed by atoms with van der Waals surface area (Å²) < 4.78 is 6.86. The van der Waals surface area contributed by atoms with Crippen molar-refractivity contribution >= 4 is 34.8 Å². The van der Waals surface area contributed by atoms with Crippen LogP contribution in [0.1, 0.15) is 5.69 Å². The fraction of sp³-hybridized carbons (Fsp3) is 0.214. The van der Waals surface area contributed by atoms with E-state index in [0.717, 1.165) is 17.1 Å². The van der Waals surface area contributed by atoms with Crippen molar-refractivity contribution in [3.63, 3.8) is 0 Å². The molecule has 1 aromatic heterocycles. The van der Waals surface area contributed by atoms with E-state index in [4.69, 9.17) is 33.7 Å². The van der Waals surface area contributed by atoms with Gasteiger partial charge in [-0.05, 0) is 30.3 Å². The van der Waals surface area contributed by atoms with Gasteiger partial charge in [0.15, 0.2) is 5.96 Å². The summed E-state index contributed by atoms with van der Waals surface area (Å²) in [5, 5.41) is 4.00. The molecule has 1 aromatic carbocycles. The molecule has 0 unspecified atom stereocenters. The number of aromatic nitrogens is 1. The number of halogens is 2. The van der Waals surface area contributed by atoms with Gasteiger partial charge in [0.2, 0.25) is 0 Å². The number of hydrogen-bond donors (Lipinski definition) is 2. The molecule has 0 radical (unpaired) electrons. The molecule has 2 aromatic rings. The number of aliphatic imine (C=N–C) groups is 1. The molecule has 0 aliphatic rings. The minimum absolute atomic E-state index is 0.314. The maximum Gasteiger partial charge on any atom is 0.193 e. The van der Waals surface area contributed by atoms with Gasteiger partial charge in [-0.1, -0.05) is 23.2 Å². The van der Waals surface area contributed by atoms with Gasteiger partial charge in [0.05, 0.1) is 18.7 Å². The van der Waals surface area contributed by atoms with Gasteiger partial charge in [0.1, 0.15) is 10.9 Å². The van der Waals surface area contributed by atoms with Gasteiger partial charge in [0.25, 0.3) is 0 Å². The summed E-state index contributed by atoms with van der Waals surface area (Å²) in [5.74, 6) is 1.10. The average Bonchev–Trinajstić information content (AvgIpc) is 2.73. The summed E-state index contributed by atoms with van der Waals surface area (Å²) in [6.07, 6.45) is 0. The Bertz CT molecular complexity index is 650. The number of guanidine groups is 1. The minimum Gasteiger partial charge on any atom is -0.497 e. The Morgan fingerprint density at radius 3 is 2.52 bits per heavy atom. The molecule has 2 rings (SSSR count). The van der Waals surface area contributed by atoms with E-state index >= 15 is 0 Å². The number of nitrogens with two attached hydrogens (primary N) is 1. The molecule has 3 N–H and O–H groups in total. The highest BCUT2D eigenvalue weighted by molar-refractivity contribution is 6.41. The Hall–Kier alpha value is -1.85. The summed E-state index contributed by atoms with van der Waals surface area (Å²) >= 11 is 11.9. The predicted octanol–water partition coefficient (Wildman–Crippen LogP) is 3.27. The van der Waals surface area contributed by atoms with E-state index in [0.29, 0.717) is 22.7 Å². The van der Waals surface area contributed by atoms with Crippen LogP contribution in [-0.2, 0) is 13.6 Å². The van der Waals surface area contributed by atoms with Crippen LogP contribution in [0.15, 0.2) is 35.3 Å². The van der Waals surface area contributed by atoms with Crippen molar-refractivity contribution < 1.29 is 4.74 Å². The Morgan fingerprint density at radius 1 is 1.33 bits per heavy atom. The van der Waals surface area contributed by atoms with Crippen molar-refractivity contribution in [2.45, 2.75) is 6.54 Å². The van der Waals surface area contributed by atoms with Crippen molar-refractivity contribution in [1.82, 2.24) is 4.57 Å². The zero-order chi connectivity index (χ0) is 15.4. The van der Waals surface area contributed by atoms with Crippen LogP contribution in [0.4, 0.5) is 5.69 Å². The number of nitrogens with zero attached hydrogens (tertiary/aromatic N) is 2. The maximum atomic E-state index is 6.00. The van der Waals surface area contributed by atoms with E-state index < -0.39 is 0 Å². The fourth-order valence-corrected chi connectivity index (χ4v) is 2.18. The lowest BCUT2D eigenvalue weighted by atomic mass is 10.3. The molecule has 0 bridgehead atoms. The van der Waals surface area contributed by atoms with E-state index in [-0.39, 0.29) is 0 Å². The molecule has 0 amide bonds. The Labute approximate surface area is 133 Å². The molecule has 7 heteroatoms. The minimum atomic E-state index is 0.314. The van der Waals surface area contributed by atoms with Gasteiger partial charge in [-0.2, -0.15) is 0 Å². The van der Waals surface area contributed by atoms with Crippen molar-refractivity contribution in [1.29, 1.82) is 0 Å². The van der Waals surface area contributed by atoms with Crippen LogP contribution in [0.5, 0.6) is 5.75 Å². The molecule has 21 heavy (non-hydrogen) atoms. The average molecular weight is 327 g/mol. The molecular formula is C14H16Cl2N4O. The molecule has 0 aliphatic heterocycles. The molecule has 0 spiro atoms. The standard InChI is InChI=1S/C14H16Cl2N4O/c1-20-10(7-12(15)13(20)16)8-18-14(17)19-9-3-5-11(21-2)6-4-9/h3-7H,8H2,1-2H3,(H3,17,18,19). The van der Waals surface area contributed by atoms with Gasteiger partial charge in [-0.15, -0.1) is 0 Å². The van der Waals surface area contributed by atoms with E-state index in [1.165, 1.54) is 0 Å². The summed E-state index contributed by atoms with van der Waals surface area (Å²) in [7, 11) is 3.44. The van der Waals surface area contributed by atoms with Crippen molar-refractivity contribution in [2.24, 2.45) is 17.8 Å². The van der Waals surface area contributed by atoms with Crippen LogP contribution in [-0.4, -0.2) is 17.6 Å². The molecule has 0 saturated carbocycles. The summed E-state index contributed by atoms with van der Waals surface area (Å²) in [4.78, 5) is 4.26. The van der Waals surface area contributed by atoms with E-state index in [1.807, 2.05) is 31.3 Å². The first kappa shape index (κ1) is 15.5. The number of methoxy groups -OCH3 is 1. The van der Waals surface area contributed by atoms with E-state index in [2.05, 4.69) is 10.3 Å². The molecule has 0 atom stereocenters. The van der Waals surface area contributed by atoms with E-state index in [9.17, 15) is 0 Å². The third kappa shape index (κ3) is 3.83. The summed E-state index contributed by atoms with van der Waals surface area (Å²) in [5.41, 5.74) is 7.56. The van der Waals surface area contributed by atoms with Gasteiger partial charge >= 0.3 is 0 Å². The van der Waals surface area contributed by atoms with Crippen molar-refractivity contribution in [3.8, 4) is 5.75 Å². The number of ether oxygens (including phenoxy) is 1. The third-order valence-corrected chi connectivity index (χ3v) is 3.83. The smallest absolute Gasteiger partial charge is 0.193 e. The number of anilines is 1. The molecule has 0 saturated heterocycles. The lowest BCUT2D eigenvalue weighted by molar-refractivity contribution is 0.415. The number of hydrogen-bond acceptors (Lipinski definition) is 2. The molecular weight excluding hydrogens is 311 g/mol. The quantitative estimate of drug-likeness (QED) is 0.669. The Kier molecular flexibility index (Phi) is 4.98. The van der Waals surface area contributed by atoms with Crippen molar-refractivity contribution in [2.75, 3.05) is 12.4 Å². The normalized spacial score (nSPS) is 11.5. The largest absolute Gasteiger partial charge is 0.497 e. The molecule has 1 heterocycles. The molecule has 112 valence electrons. The highest BCUT2D eigenvalue weighted by Gasteiger charge is 2.08. The highest BCUT2D eigenvalue weighted by atomic mass is 35.5. The second-order valence-electron chi connectivity index (χ2n) is 4.39. The first-order chi connectivity index (χ1) is 10.0. The second kappa shape index (κ2) is 6.74. The SMILES string of the molecule is COc1ccc(NC(N)=NCc2cc(Cl)c(Cl)n2C)cc1. The predicted molar refractivity (Wildman–Crippen MR) is 87.4 cm³/mol.